The van der Waals surface area contributed by atoms with Crippen LogP contribution in [0.3, 0.4) is 0 Å². The predicted molar refractivity (Wildman–Crippen MR) is 74.0 cm³/mol. The van der Waals surface area contributed by atoms with Crippen LogP contribution >= 0.6 is 0 Å². The van der Waals surface area contributed by atoms with Gasteiger partial charge in [0, 0.05) is 19.1 Å². The number of hydrogen-bond acceptors (Lipinski definition) is 6. The Morgan fingerprint density at radius 1 is 1.33 bits per heavy atom. The summed E-state index contributed by atoms with van der Waals surface area (Å²) in [5.74, 6) is -0.0636. The molecule has 0 saturated carbocycles. The third-order valence-electron chi connectivity index (χ3n) is 3.04. The van der Waals surface area contributed by atoms with Gasteiger partial charge >= 0.3 is 5.97 Å². The minimum Gasteiger partial charge on any atom is -0.463 e. The van der Waals surface area contributed by atoms with Crippen LogP contribution in [0.4, 0.5) is 0 Å². The third kappa shape index (κ3) is 2.31. The van der Waals surface area contributed by atoms with E-state index in [0.29, 0.717) is 33.5 Å². The summed E-state index contributed by atoms with van der Waals surface area (Å²) in [7, 11) is 0. The quantitative estimate of drug-likeness (QED) is 0.531. The Bertz CT molecular complexity index is 877. The molecule has 0 fully saturated rings. The molecule has 0 aliphatic heterocycles. The van der Waals surface area contributed by atoms with Gasteiger partial charge in [-0.2, -0.15) is 0 Å². The fraction of sp³-hybridized carbons (Fsp3) is 0.133. The summed E-state index contributed by atoms with van der Waals surface area (Å²) >= 11 is 0. The SMILES string of the molecule is CC(=O)Oc1cc2occ(-c3ccon3)c(=O)c2cc1C. The molecule has 0 bridgehead atoms. The number of hydrogen-bond donors (Lipinski definition) is 0. The van der Waals surface area contributed by atoms with Crippen molar-refractivity contribution in [2.24, 2.45) is 0 Å². The van der Waals surface area contributed by atoms with Crippen LogP contribution in [0.25, 0.3) is 22.2 Å². The molecule has 2 aromatic heterocycles. The highest BCUT2D eigenvalue weighted by atomic mass is 16.5. The molecule has 0 aliphatic carbocycles. The molecule has 6 heteroatoms. The van der Waals surface area contributed by atoms with Crippen molar-refractivity contribution in [1.29, 1.82) is 0 Å². The molecular formula is C15H11NO5. The first-order valence-corrected chi connectivity index (χ1v) is 6.21. The van der Waals surface area contributed by atoms with Gasteiger partial charge in [-0.1, -0.05) is 5.16 Å². The van der Waals surface area contributed by atoms with Gasteiger partial charge < -0.3 is 13.7 Å². The van der Waals surface area contributed by atoms with E-state index in [1.54, 1.807) is 19.1 Å². The largest absolute Gasteiger partial charge is 0.463 e. The molecule has 2 heterocycles. The summed E-state index contributed by atoms with van der Waals surface area (Å²) in [5.41, 5.74) is 1.52. The molecule has 0 unspecified atom stereocenters. The summed E-state index contributed by atoms with van der Waals surface area (Å²) in [5, 5.41) is 4.12. The number of rotatable bonds is 2. The van der Waals surface area contributed by atoms with Crippen LogP contribution in [0.2, 0.25) is 0 Å². The van der Waals surface area contributed by atoms with Gasteiger partial charge in [-0.15, -0.1) is 0 Å². The molecule has 6 nitrogen and oxygen atoms in total. The number of benzene rings is 1. The summed E-state index contributed by atoms with van der Waals surface area (Å²) in [4.78, 5) is 23.5. The molecule has 21 heavy (non-hydrogen) atoms. The Morgan fingerprint density at radius 2 is 2.14 bits per heavy atom. The lowest BCUT2D eigenvalue weighted by atomic mass is 10.1. The Kier molecular flexibility index (Phi) is 3.06. The highest BCUT2D eigenvalue weighted by molar-refractivity contribution is 5.84. The maximum Gasteiger partial charge on any atom is 0.308 e. The van der Waals surface area contributed by atoms with E-state index in [1.807, 2.05) is 0 Å². The van der Waals surface area contributed by atoms with Crippen LogP contribution in [0.1, 0.15) is 12.5 Å². The first-order valence-electron chi connectivity index (χ1n) is 6.21. The van der Waals surface area contributed by atoms with E-state index >= 15 is 0 Å². The van der Waals surface area contributed by atoms with Crippen LogP contribution < -0.4 is 10.2 Å². The summed E-state index contributed by atoms with van der Waals surface area (Å²) in [6, 6.07) is 4.74. The Hall–Kier alpha value is -2.89. The fourth-order valence-corrected chi connectivity index (χ4v) is 2.06. The smallest absolute Gasteiger partial charge is 0.308 e. The monoisotopic (exact) mass is 285 g/mol. The van der Waals surface area contributed by atoms with E-state index < -0.39 is 5.97 Å². The second-order valence-corrected chi connectivity index (χ2v) is 4.57. The highest BCUT2D eigenvalue weighted by Gasteiger charge is 2.14. The molecule has 106 valence electrons. The second kappa shape index (κ2) is 4.90. The zero-order chi connectivity index (χ0) is 15.0. The molecule has 0 N–H and O–H groups in total. The number of esters is 1. The number of aromatic nitrogens is 1. The third-order valence-corrected chi connectivity index (χ3v) is 3.04. The van der Waals surface area contributed by atoms with Gasteiger partial charge in [0.25, 0.3) is 0 Å². The summed E-state index contributed by atoms with van der Waals surface area (Å²) in [6.07, 6.45) is 2.70. The lowest BCUT2D eigenvalue weighted by Crippen LogP contribution is -2.07. The van der Waals surface area contributed by atoms with Crippen LogP contribution in [-0.2, 0) is 4.79 Å². The Morgan fingerprint density at radius 3 is 2.81 bits per heavy atom. The van der Waals surface area contributed by atoms with Crippen molar-refractivity contribution < 1.29 is 18.5 Å². The molecule has 0 radical (unpaired) electrons. The lowest BCUT2D eigenvalue weighted by Gasteiger charge is -2.07. The Labute approximate surface area is 118 Å². The van der Waals surface area contributed by atoms with E-state index in [-0.39, 0.29) is 5.43 Å². The van der Waals surface area contributed by atoms with Crippen LogP contribution in [0.15, 0.2) is 44.5 Å². The van der Waals surface area contributed by atoms with E-state index in [1.165, 1.54) is 25.5 Å². The van der Waals surface area contributed by atoms with E-state index in [4.69, 9.17) is 13.7 Å². The number of carbonyl (C=O) groups excluding carboxylic acids is 1. The predicted octanol–water partition coefficient (Wildman–Crippen LogP) is 2.68. The van der Waals surface area contributed by atoms with E-state index in [2.05, 4.69) is 5.16 Å². The first-order chi connectivity index (χ1) is 10.1. The minimum atomic E-state index is -0.431. The normalized spacial score (nSPS) is 10.8. The van der Waals surface area contributed by atoms with Crippen molar-refractivity contribution >= 4 is 16.9 Å². The molecule has 3 aromatic rings. The number of fused-ring (bicyclic) bond motifs is 1. The van der Waals surface area contributed by atoms with E-state index in [0.717, 1.165) is 0 Å². The minimum absolute atomic E-state index is 0.220. The molecule has 0 atom stereocenters. The van der Waals surface area contributed by atoms with Gasteiger partial charge in [0.15, 0.2) is 0 Å². The topological polar surface area (TPSA) is 82.5 Å². The number of aryl methyl sites for hydroxylation is 1. The molecular weight excluding hydrogens is 274 g/mol. The average Bonchev–Trinajstić information content (AvgIpc) is 2.94. The van der Waals surface area contributed by atoms with Crippen molar-refractivity contribution in [2.75, 3.05) is 0 Å². The zero-order valence-electron chi connectivity index (χ0n) is 11.4. The van der Waals surface area contributed by atoms with Crippen LogP contribution in [0, 0.1) is 6.92 Å². The molecule has 3 rings (SSSR count). The second-order valence-electron chi connectivity index (χ2n) is 4.57. The van der Waals surface area contributed by atoms with Gasteiger partial charge in [-0.3, -0.25) is 9.59 Å². The maximum atomic E-state index is 12.5. The molecule has 0 aliphatic rings. The average molecular weight is 285 g/mol. The number of ether oxygens (including phenoxy) is 1. The molecule has 0 amide bonds. The summed E-state index contributed by atoms with van der Waals surface area (Å²) in [6.45, 7) is 3.06. The molecule has 0 saturated heterocycles. The van der Waals surface area contributed by atoms with Crippen molar-refractivity contribution in [2.45, 2.75) is 13.8 Å². The maximum absolute atomic E-state index is 12.5. The molecule has 0 spiro atoms. The first kappa shape index (κ1) is 13.1. The van der Waals surface area contributed by atoms with Gasteiger partial charge in [-0.05, 0) is 18.6 Å². The standard InChI is InChI=1S/C15H11NO5/c1-8-5-10-14(6-13(8)21-9(2)17)19-7-11(15(10)18)12-3-4-20-16-12/h3-7H,1-2H3. The zero-order valence-corrected chi connectivity index (χ0v) is 11.4. The number of nitrogens with zero attached hydrogens (tertiary/aromatic N) is 1. The highest BCUT2D eigenvalue weighted by Crippen LogP contribution is 2.26. The summed E-state index contributed by atoms with van der Waals surface area (Å²) < 4.78 is 15.3. The van der Waals surface area contributed by atoms with Crippen molar-refractivity contribution in [3.05, 3.63) is 46.5 Å². The molecule has 1 aromatic carbocycles. The van der Waals surface area contributed by atoms with Gasteiger partial charge in [0.05, 0.1) is 10.9 Å². The van der Waals surface area contributed by atoms with Crippen LogP contribution in [0.5, 0.6) is 5.75 Å². The van der Waals surface area contributed by atoms with E-state index in [9.17, 15) is 9.59 Å². The van der Waals surface area contributed by atoms with Crippen molar-refractivity contribution in [1.82, 2.24) is 5.16 Å². The lowest BCUT2D eigenvalue weighted by molar-refractivity contribution is -0.131. The van der Waals surface area contributed by atoms with Gasteiger partial charge in [0.2, 0.25) is 5.43 Å². The number of carbonyl (C=O) groups is 1. The van der Waals surface area contributed by atoms with Crippen molar-refractivity contribution in [3.63, 3.8) is 0 Å². The van der Waals surface area contributed by atoms with Gasteiger partial charge in [0.1, 0.15) is 29.6 Å². The van der Waals surface area contributed by atoms with Crippen molar-refractivity contribution in [3.8, 4) is 17.0 Å². The van der Waals surface area contributed by atoms with Crippen LogP contribution in [-0.4, -0.2) is 11.1 Å². The fourth-order valence-electron chi connectivity index (χ4n) is 2.06. The Balaban J connectivity index is 2.21. The van der Waals surface area contributed by atoms with Gasteiger partial charge in [-0.25, -0.2) is 0 Å².